The van der Waals surface area contributed by atoms with Gasteiger partial charge < -0.3 is 5.11 Å². The molecule has 7 atom stereocenters. The molecule has 164 valence electrons. The molecule has 5 nitrogen and oxygen atoms in total. The van der Waals surface area contributed by atoms with Crippen molar-refractivity contribution in [3.05, 3.63) is 24.0 Å². The highest BCUT2D eigenvalue weighted by Gasteiger charge is 2.58. The van der Waals surface area contributed by atoms with Crippen LogP contribution in [0.5, 0.6) is 0 Å². The van der Waals surface area contributed by atoms with Gasteiger partial charge in [0.15, 0.2) is 5.78 Å². The lowest BCUT2D eigenvalue weighted by Crippen LogP contribution is -2.50. The van der Waals surface area contributed by atoms with Crippen LogP contribution in [0.1, 0.15) is 58.3 Å². The Labute approximate surface area is 175 Å². The van der Waals surface area contributed by atoms with Crippen LogP contribution >= 0.6 is 0 Å². The van der Waals surface area contributed by atoms with E-state index in [0.717, 1.165) is 37.7 Å². The number of carbonyl (C=O) groups excluding carboxylic acids is 1. The third-order valence-electron chi connectivity index (χ3n) is 9.10. The number of aliphatic hydroxyl groups is 1. The normalized spacial score (nSPS) is 43.0. The Morgan fingerprint density at radius 3 is 2.70 bits per heavy atom. The number of fused-ring (bicyclic) bond motifs is 5. The average molecular weight is 420 g/mol. The Morgan fingerprint density at radius 2 is 1.97 bits per heavy atom. The van der Waals surface area contributed by atoms with Gasteiger partial charge in [-0.3, -0.25) is 4.79 Å². The lowest BCUT2D eigenvalue weighted by molar-refractivity contribution is -0.131. The van der Waals surface area contributed by atoms with Gasteiger partial charge in [0.05, 0.1) is 12.4 Å². The van der Waals surface area contributed by atoms with Crippen molar-refractivity contribution in [1.29, 1.82) is 0 Å². The molecule has 0 bridgehead atoms. The fourth-order valence-corrected chi connectivity index (χ4v) is 7.61. The van der Waals surface area contributed by atoms with Crippen LogP contribution in [0, 0.1) is 35.0 Å². The first-order valence-electron chi connectivity index (χ1n) is 11.4. The molecule has 4 aliphatic rings. The smallest absolute Gasteiger partial charge is 0.267 e. The van der Waals surface area contributed by atoms with Crippen molar-refractivity contribution >= 4 is 5.78 Å². The Balaban J connectivity index is 1.34. The zero-order chi connectivity index (χ0) is 21.1. The summed E-state index contributed by atoms with van der Waals surface area (Å²) in [6, 6.07) is 0. The predicted molar refractivity (Wildman–Crippen MR) is 107 cm³/mol. The van der Waals surface area contributed by atoms with Crippen molar-refractivity contribution in [2.24, 2.45) is 35.0 Å². The second-order valence-corrected chi connectivity index (χ2v) is 10.4. The zero-order valence-electron chi connectivity index (χ0n) is 17.5. The van der Waals surface area contributed by atoms with Crippen molar-refractivity contribution in [2.45, 2.75) is 76.9 Å². The van der Waals surface area contributed by atoms with Crippen molar-refractivity contribution < 1.29 is 18.7 Å². The molecule has 1 aromatic rings. The van der Waals surface area contributed by atoms with Gasteiger partial charge in [0.2, 0.25) is 0 Å². The molecule has 1 aromatic heterocycles. The number of Topliss-reactive ketones (excluding diaryl/α,β-unsaturated/α-hetero) is 1. The number of hydrogen-bond acceptors (Lipinski definition) is 4. The second kappa shape index (κ2) is 7.21. The molecule has 0 spiro atoms. The Morgan fingerprint density at radius 1 is 1.20 bits per heavy atom. The van der Waals surface area contributed by atoms with Crippen LogP contribution in [0.25, 0.3) is 0 Å². The van der Waals surface area contributed by atoms with E-state index in [2.05, 4.69) is 23.2 Å². The number of hydrogen-bond donors (Lipinski definition) is 1. The third kappa shape index (κ3) is 3.07. The van der Waals surface area contributed by atoms with E-state index in [-0.39, 0.29) is 36.5 Å². The highest BCUT2D eigenvalue weighted by molar-refractivity contribution is 5.82. The van der Waals surface area contributed by atoms with Crippen LogP contribution in [0.15, 0.2) is 24.0 Å². The summed E-state index contributed by atoms with van der Waals surface area (Å²) >= 11 is 0. The van der Waals surface area contributed by atoms with E-state index >= 15 is 0 Å². The summed E-state index contributed by atoms with van der Waals surface area (Å²) in [7, 11) is 0. The van der Waals surface area contributed by atoms with Gasteiger partial charge in [-0.1, -0.05) is 18.6 Å². The number of ketones is 1. The second-order valence-electron chi connectivity index (χ2n) is 10.4. The third-order valence-corrected chi connectivity index (χ3v) is 9.10. The maximum atomic E-state index is 13.4. The van der Waals surface area contributed by atoms with Gasteiger partial charge in [-0.15, -0.1) is 0 Å². The number of nitrogens with zero attached hydrogens (tertiary/aromatic N) is 3. The number of halogens is 2. The van der Waals surface area contributed by atoms with Gasteiger partial charge in [0, 0.05) is 12.3 Å². The van der Waals surface area contributed by atoms with Crippen molar-refractivity contribution in [3.8, 4) is 0 Å². The van der Waals surface area contributed by atoms with E-state index in [0.29, 0.717) is 30.1 Å². The van der Waals surface area contributed by atoms with Gasteiger partial charge in [-0.05, 0) is 74.0 Å². The first-order chi connectivity index (χ1) is 14.3. The van der Waals surface area contributed by atoms with E-state index in [1.54, 1.807) is 12.4 Å². The number of rotatable bonds is 4. The first-order valence-corrected chi connectivity index (χ1v) is 11.4. The molecule has 3 fully saturated rings. The summed E-state index contributed by atoms with van der Waals surface area (Å²) in [5, 5.41) is 18.5. The van der Waals surface area contributed by atoms with Crippen molar-refractivity contribution in [1.82, 2.24) is 15.0 Å². The number of alkyl halides is 2. The minimum Gasteiger partial charge on any atom is -0.384 e. The summed E-state index contributed by atoms with van der Waals surface area (Å²) in [6.07, 6.45) is 8.61. The van der Waals surface area contributed by atoms with E-state index in [1.165, 1.54) is 4.80 Å². The van der Waals surface area contributed by atoms with Crippen molar-refractivity contribution in [3.63, 3.8) is 0 Å². The number of allylic oxidation sites excluding steroid dienone is 1. The Bertz CT molecular complexity index is 842. The number of aromatic nitrogens is 3. The van der Waals surface area contributed by atoms with Crippen LogP contribution in [0.2, 0.25) is 0 Å². The van der Waals surface area contributed by atoms with Gasteiger partial charge in [0.1, 0.15) is 12.1 Å². The molecule has 4 aliphatic carbocycles. The van der Waals surface area contributed by atoms with E-state index in [9.17, 15) is 18.7 Å². The van der Waals surface area contributed by atoms with Crippen LogP contribution in [0.4, 0.5) is 8.78 Å². The fourth-order valence-electron chi connectivity index (χ4n) is 7.61. The molecule has 30 heavy (non-hydrogen) atoms. The molecule has 3 saturated carbocycles. The Hall–Kier alpha value is -1.63. The van der Waals surface area contributed by atoms with Gasteiger partial charge in [0.25, 0.3) is 6.43 Å². The van der Waals surface area contributed by atoms with E-state index < -0.39 is 12.0 Å². The van der Waals surface area contributed by atoms with Crippen molar-refractivity contribution in [2.75, 3.05) is 0 Å². The molecule has 1 heterocycles. The molecule has 0 aliphatic heterocycles. The fraction of sp³-hybridized carbons (Fsp3) is 0.783. The molecule has 0 aromatic carbocycles. The molecule has 5 rings (SSSR count). The SMILES string of the molecule is C[C@]12CC[C@@H]3C4CC[C@](O)(C(F)F)CC4=CC[C@H]3[C@@H]1CC[C@@H]2C(=O)Cn1nccn1. The summed E-state index contributed by atoms with van der Waals surface area (Å²) in [4.78, 5) is 14.6. The van der Waals surface area contributed by atoms with Crippen LogP contribution in [0.3, 0.4) is 0 Å². The summed E-state index contributed by atoms with van der Waals surface area (Å²) in [6.45, 7) is 2.54. The lowest BCUT2D eigenvalue weighted by atomic mass is 9.51. The Kier molecular flexibility index (Phi) is 4.88. The highest BCUT2D eigenvalue weighted by Crippen LogP contribution is 2.63. The molecule has 0 radical (unpaired) electrons. The summed E-state index contributed by atoms with van der Waals surface area (Å²) in [5.41, 5.74) is -0.775. The maximum absolute atomic E-state index is 13.4. The van der Waals surface area contributed by atoms with Gasteiger partial charge in [-0.2, -0.15) is 15.0 Å². The summed E-state index contributed by atoms with van der Waals surface area (Å²) < 4.78 is 26.7. The molecule has 0 amide bonds. The topological polar surface area (TPSA) is 68.0 Å². The quantitative estimate of drug-likeness (QED) is 0.748. The van der Waals surface area contributed by atoms with Crippen LogP contribution in [-0.2, 0) is 11.3 Å². The standard InChI is InChI=1S/C23H31F2N3O2/c1-22-8-6-16-15-7-9-23(30,21(24)25)12-14(15)2-3-17(16)18(22)4-5-19(22)20(29)13-28-26-10-11-27-28/h2,10-11,15-19,21,30H,3-9,12-13H2,1H3/t15?,16-,17-,18+,19-,22+,23-/m1/s1. The summed E-state index contributed by atoms with van der Waals surface area (Å²) in [5.74, 6) is 2.15. The van der Waals surface area contributed by atoms with Gasteiger partial charge >= 0.3 is 0 Å². The highest BCUT2D eigenvalue weighted by atomic mass is 19.3. The molecule has 1 N–H and O–H groups in total. The minimum atomic E-state index is -2.68. The number of carbonyl (C=O) groups is 1. The molecule has 1 unspecified atom stereocenters. The van der Waals surface area contributed by atoms with Gasteiger partial charge in [-0.25, -0.2) is 8.78 Å². The predicted octanol–water partition coefficient (Wildman–Crippen LogP) is 4.03. The molecule has 0 saturated heterocycles. The monoisotopic (exact) mass is 419 g/mol. The molecular formula is C23H31F2N3O2. The average Bonchev–Trinajstić information content (AvgIpc) is 3.34. The molecular weight excluding hydrogens is 388 g/mol. The van der Waals surface area contributed by atoms with E-state index in [4.69, 9.17) is 0 Å². The maximum Gasteiger partial charge on any atom is 0.267 e. The van der Waals surface area contributed by atoms with Crippen LogP contribution < -0.4 is 0 Å². The van der Waals surface area contributed by atoms with E-state index in [1.807, 2.05) is 0 Å². The largest absolute Gasteiger partial charge is 0.384 e. The zero-order valence-corrected chi connectivity index (χ0v) is 17.5. The van der Waals surface area contributed by atoms with Crippen LogP contribution in [-0.4, -0.2) is 37.9 Å². The molecule has 7 heteroatoms. The first kappa shape index (κ1) is 20.3. The lowest BCUT2D eigenvalue weighted by Gasteiger charge is -2.54. The minimum absolute atomic E-state index is 0.00905.